The van der Waals surface area contributed by atoms with Crippen molar-refractivity contribution in [1.82, 2.24) is 4.98 Å². The van der Waals surface area contributed by atoms with E-state index in [1.165, 1.54) is 12.1 Å². The van der Waals surface area contributed by atoms with E-state index < -0.39 is 0 Å². The van der Waals surface area contributed by atoms with Crippen molar-refractivity contribution in [3.8, 4) is 0 Å². The van der Waals surface area contributed by atoms with Gasteiger partial charge >= 0.3 is 0 Å². The number of nitrogens with one attached hydrogen (secondary N) is 1. The third-order valence-electron chi connectivity index (χ3n) is 3.18. The average molecular weight is 235 g/mol. The molecule has 0 amide bonds. The summed E-state index contributed by atoms with van der Waals surface area (Å²) < 4.78 is 5.44. The highest BCUT2D eigenvalue weighted by Crippen LogP contribution is 2.22. The molecule has 4 heteroatoms. The van der Waals surface area contributed by atoms with Crippen molar-refractivity contribution in [2.75, 3.05) is 37.0 Å². The van der Waals surface area contributed by atoms with Gasteiger partial charge in [-0.1, -0.05) is 0 Å². The van der Waals surface area contributed by atoms with E-state index in [1.807, 2.05) is 12.4 Å². The van der Waals surface area contributed by atoms with Gasteiger partial charge in [-0.2, -0.15) is 0 Å². The molecule has 2 heterocycles. The minimum Gasteiger partial charge on any atom is -0.384 e. The first-order valence-corrected chi connectivity index (χ1v) is 6.30. The van der Waals surface area contributed by atoms with Gasteiger partial charge in [0.25, 0.3) is 0 Å². The van der Waals surface area contributed by atoms with Crippen LogP contribution < -0.4 is 10.2 Å². The zero-order valence-corrected chi connectivity index (χ0v) is 10.6. The predicted molar refractivity (Wildman–Crippen MR) is 70.6 cm³/mol. The van der Waals surface area contributed by atoms with Crippen molar-refractivity contribution in [2.24, 2.45) is 0 Å². The summed E-state index contributed by atoms with van der Waals surface area (Å²) in [7, 11) is 1.79. The first-order valence-electron chi connectivity index (χ1n) is 6.30. The molecule has 0 saturated carbocycles. The lowest BCUT2D eigenvalue weighted by molar-refractivity contribution is 0.0893. The van der Waals surface area contributed by atoms with Gasteiger partial charge in [0.15, 0.2) is 0 Å². The Morgan fingerprint density at radius 1 is 1.53 bits per heavy atom. The van der Waals surface area contributed by atoms with E-state index in [9.17, 15) is 0 Å². The number of anilines is 2. The van der Waals surface area contributed by atoms with Crippen LogP contribution in [0.5, 0.6) is 0 Å². The molecule has 1 saturated heterocycles. The molecule has 0 spiro atoms. The molecular weight excluding hydrogens is 214 g/mol. The fraction of sp³-hybridized carbons (Fsp3) is 0.615. The summed E-state index contributed by atoms with van der Waals surface area (Å²) in [6, 6.07) is 2.16. The standard InChI is InChI=1S/C13H21N3O/c1-3-15-11-7-12(9-14-8-11)16-6-4-5-13(10-16)17-2/h7-9,13,15H,3-6,10H2,1-2H3. The number of rotatable bonds is 4. The number of ether oxygens (including phenoxy) is 1. The van der Waals surface area contributed by atoms with Gasteiger partial charge in [0.05, 0.1) is 29.9 Å². The molecule has 1 aromatic heterocycles. The molecule has 0 aliphatic carbocycles. The van der Waals surface area contributed by atoms with Gasteiger partial charge in [0.1, 0.15) is 0 Å². The Kier molecular flexibility index (Phi) is 4.20. The Balaban J connectivity index is 2.07. The van der Waals surface area contributed by atoms with Crippen molar-refractivity contribution in [3.05, 3.63) is 18.5 Å². The molecule has 17 heavy (non-hydrogen) atoms. The fourth-order valence-corrected chi connectivity index (χ4v) is 2.27. The normalized spacial score (nSPS) is 20.4. The Labute approximate surface area is 103 Å². The summed E-state index contributed by atoms with van der Waals surface area (Å²) in [6.07, 6.45) is 6.49. The summed E-state index contributed by atoms with van der Waals surface area (Å²) in [4.78, 5) is 6.64. The molecule has 1 unspecified atom stereocenters. The van der Waals surface area contributed by atoms with E-state index >= 15 is 0 Å². The summed E-state index contributed by atoms with van der Waals surface area (Å²) >= 11 is 0. The van der Waals surface area contributed by atoms with E-state index in [0.717, 1.165) is 31.7 Å². The minimum absolute atomic E-state index is 0.353. The van der Waals surface area contributed by atoms with Crippen LogP contribution in [0.15, 0.2) is 18.5 Å². The Morgan fingerprint density at radius 2 is 2.41 bits per heavy atom. The van der Waals surface area contributed by atoms with Crippen LogP contribution in [0.2, 0.25) is 0 Å². The quantitative estimate of drug-likeness (QED) is 0.867. The number of hydrogen-bond donors (Lipinski definition) is 1. The van der Waals surface area contributed by atoms with Crippen LogP contribution in [-0.2, 0) is 4.74 Å². The van der Waals surface area contributed by atoms with E-state index in [1.54, 1.807) is 7.11 Å². The molecule has 0 radical (unpaired) electrons. The van der Waals surface area contributed by atoms with Gasteiger partial charge in [-0.05, 0) is 25.8 Å². The molecule has 4 nitrogen and oxygen atoms in total. The SMILES string of the molecule is CCNc1cncc(N2CCCC(OC)C2)c1. The van der Waals surface area contributed by atoms with Gasteiger partial charge in [-0.3, -0.25) is 4.98 Å². The average Bonchev–Trinajstić information content (AvgIpc) is 2.40. The smallest absolute Gasteiger partial charge is 0.0746 e. The largest absolute Gasteiger partial charge is 0.384 e. The topological polar surface area (TPSA) is 37.4 Å². The minimum atomic E-state index is 0.353. The number of nitrogens with zero attached hydrogens (tertiary/aromatic N) is 2. The first-order chi connectivity index (χ1) is 8.33. The van der Waals surface area contributed by atoms with Gasteiger partial charge in [-0.15, -0.1) is 0 Å². The maximum absolute atomic E-state index is 5.44. The molecule has 1 aliphatic heterocycles. The Hall–Kier alpha value is -1.29. The third-order valence-corrected chi connectivity index (χ3v) is 3.18. The third kappa shape index (κ3) is 3.09. The van der Waals surface area contributed by atoms with Crippen molar-refractivity contribution in [3.63, 3.8) is 0 Å². The van der Waals surface area contributed by atoms with Crippen molar-refractivity contribution in [1.29, 1.82) is 0 Å². The van der Waals surface area contributed by atoms with Gasteiger partial charge in [0.2, 0.25) is 0 Å². The zero-order valence-electron chi connectivity index (χ0n) is 10.6. The highest BCUT2D eigenvalue weighted by atomic mass is 16.5. The van der Waals surface area contributed by atoms with Crippen molar-refractivity contribution in [2.45, 2.75) is 25.9 Å². The lowest BCUT2D eigenvalue weighted by Gasteiger charge is -2.33. The number of piperidine rings is 1. The number of pyridine rings is 1. The molecule has 2 rings (SSSR count). The van der Waals surface area contributed by atoms with Crippen LogP contribution in [0.3, 0.4) is 0 Å². The summed E-state index contributed by atoms with van der Waals surface area (Å²) in [5.74, 6) is 0. The number of methoxy groups -OCH3 is 1. The van der Waals surface area contributed by atoms with Gasteiger partial charge in [0, 0.05) is 26.7 Å². The molecule has 1 aromatic rings. The van der Waals surface area contributed by atoms with Crippen LogP contribution >= 0.6 is 0 Å². The van der Waals surface area contributed by atoms with Crippen molar-refractivity contribution < 1.29 is 4.74 Å². The predicted octanol–water partition coefficient (Wildman–Crippen LogP) is 2.13. The molecule has 1 fully saturated rings. The summed E-state index contributed by atoms with van der Waals surface area (Å²) in [6.45, 7) is 5.07. The highest BCUT2D eigenvalue weighted by molar-refractivity contribution is 5.55. The van der Waals surface area contributed by atoms with E-state index in [4.69, 9.17) is 4.74 Å². The Bertz CT molecular complexity index is 356. The first kappa shape index (κ1) is 12.2. The Morgan fingerprint density at radius 3 is 3.18 bits per heavy atom. The maximum atomic E-state index is 5.44. The second kappa shape index (κ2) is 5.87. The van der Waals surface area contributed by atoms with Crippen LogP contribution in [-0.4, -0.2) is 37.8 Å². The fourth-order valence-electron chi connectivity index (χ4n) is 2.27. The second-order valence-corrected chi connectivity index (χ2v) is 4.41. The van der Waals surface area contributed by atoms with Crippen molar-refractivity contribution >= 4 is 11.4 Å². The summed E-state index contributed by atoms with van der Waals surface area (Å²) in [5, 5.41) is 3.29. The molecule has 0 bridgehead atoms. The highest BCUT2D eigenvalue weighted by Gasteiger charge is 2.19. The molecule has 1 atom stereocenters. The molecule has 1 N–H and O–H groups in total. The lowest BCUT2D eigenvalue weighted by Crippen LogP contribution is -2.39. The monoisotopic (exact) mass is 235 g/mol. The maximum Gasteiger partial charge on any atom is 0.0746 e. The number of hydrogen-bond acceptors (Lipinski definition) is 4. The second-order valence-electron chi connectivity index (χ2n) is 4.41. The van der Waals surface area contributed by atoms with Crippen LogP contribution in [0.25, 0.3) is 0 Å². The lowest BCUT2D eigenvalue weighted by atomic mass is 10.1. The molecular formula is C13H21N3O. The summed E-state index contributed by atoms with van der Waals surface area (Å²) in [5.41, 5.74) is 2.27. The van der Waals surface area contributed by atoms with Gasteiger partial charge in [-0.25, -0.2) is 0 Å². The van der Waals surface area contributed by atoms with E-state index in [-0.39, 0.29) is 0 Å². The van der Waals surface area contributed by atoms with E-state index in [0.29, 0.717) is 6.10 Å². The molecule has 1 aliphatic rings. The van der Waals surface area contributed by atoms with E-state index in [2.05, 4.69) is 28.2 Å². The van der Waals surface area contributed by atoms with Crippen LogP contribution in [0.4, 0.5) is 11.4 Å². The zero-order chi connectivity index (χ0) is 12.1. The molecule has 94 valence electrons. The molecule has 0 aromatic carbocycles. The van der Waals surface area contributed by atoms with Crippen LogP contribution in [0.1, 0.15) is 19.8 Å². The number of aromatic nitrogens is 1. The van der Waals surface area contributed by atoms with Crippen LogP contribution in [0, 0.1) is 0 Å². The van der Waals surface area contributed by atoms with Gasteiger partial charge < -0.3 is 15.0 Å².